The van der Waals surface area contributed by atoms with Gasteiger partial charge in [0, 0.05) is 25.2 Å². The topological polar surface area (TPSA) is 136 Å². The SMILES string of the molecule is COc1ccc(S(=O)(=O)N2C3CC2CN(c2ccc4nncn4n2)C3)cc1C(N)=O. The van der Waals surface area contributed by atoms with E-state index in [0.29, 0.717) is 18.7 Å². The number of carbonyl (C=O) groups excluding carboxylic acids is 1. The van der Waals surface area contributed by atoms with Gasteiger partial charge in [-0.05, 0) is 36.8 Å². The summed E-state index contributed by atoms with van der Waals surface area (Å²) in [5.41, 5.74) is 6.07. The Morgan fingerprint density at radius 3 is 2.67 bits per heavy atom. The molecule has 3 fully saturated rings. The molecule has 2 unspecified atom stereocenters. The predicted molar refractivity (Wildman–Crippen MR) is 106 cm³/mol. The van der Waals surface area contributed by atoms with Crippen molar-refractivity contribution < 1.29 is 17.9 Å². The number of nitrogens with zero attached hydrogens (tertiary/aromatic N) is 6. The lowest BCUT2D eigenvalue weighted by Gasteiger charge is -2.55. The molecule has 0 spiro atoms. The van der Waals surface area contributed by atoms with Crippen LogP contribution in [0.5, 0.6) is 5.75 Å². The number of amides is 1. The number of piperidine rings is 1. The summed E-state index contributed by atoms with van der Waals surface area (Å²) in [4.78, 5) is 13.8. The number of rotatable bonds is 5. The van der Waals surface area contributed by atoms with Gasteiger partial charge in [0.05, 0.1) is 17.6 Å². The van der Waals surface area contributed by atoms with Crippen molar-refractivity contribution >= 4 is 27.4 Å². The van der Waals surface area contributed by atoms with Crippen LogP contribution in [0.4, 0.5) is 5.82 Å². The van der Waals surface area contributed by atoms with Crippen molar-refractivity contribution in [3.05, 3.63) is 42.2 Å². The molecule has 0 radical (unpaired) electrons. The number of benzene rings is 1. The molecule has 12 heteroatoms. The third-order valence-corrected chi connectivity index (χ3v) is 7.61. The Hall–Kier alpha value is -3.25. The van der Waals surface area contributed by atoms with Gasteiger partial charge in [-0.1, -0.05) is 0 Å². The van der Waals surface area contributed by atoms with Gasteiger partial charge >= 0.3 is 0 Å². The van der Waals surface area contributed by atoms with E-state index >= 15 is 0 Å². The quantitative estimate of drug-likeness (QED) is 0.593. The number of primary amides is 1. The van der Waals surface area contributed by atoms with E-state index in [1.54, 1.807) is 4.52 Å². The standard InChI is InChI=1S/C18H19N7O4S/c1-29-15-3-2-13(7-14(15)18(19)26)30(27,28)25-11-6-12(25)9-23(8-11)17-5-4-16-21-20-10-24(16)22-17/h2-5,7,10-12H,6,8-9H2,1H3,(H2,19,26). The highest BCUT2D eigenvalue weighted by Gasteiger charge is 2.51. The molecule has 2 bridgehead atoms. The average molecular weight is 429 g/mol. The number of hydrogen-bond donors (Lipinski definition) is 1. The van der Waals surface area contributed by atoms with Crippen LogP contribution in [0, 0.1) is 0 Å². The molecule has 1 amide bonds. The monoisotopic (exact) mass is 429 g/mol. The number of fused-ring (bicyclic) bond motifs is 3. The normalized spacial score (nSPS) is 21.4. The summed E-state index contributed by atoms with van der Waals surface area (Å²) in [6, 6.07) is 7.51. The number of anilines is 1. The lowest BCUT2D eigenvalue weighted by Crippen LogP contribution is -2.70. The van der Waals surface area contributed by atoms with Crippen LogP contribution >= 0.6 is 0 Å². The van der Waals surface area contributed by atoms with E-state index in [1.807, 2.05) is 12.1 Å². The summed E-state index contributed by atoms with van der Waals surface area (Å²) in [5.74, 6) is 0.246. The zero-order chi connectivity index (χ0) is 21.0. The first-order valence-electron chi connectivity index (χ1n) is 9.32. The zero-order valence-electron chi connectivity index (χ0n) is 16.0. The minimum absolute atomic E-state index is 0.0317. The van der Waals surface area contributed by atoms with Gasteiger partial charge in [-0.15, -0.1) is 15.3 Å². The molecule has 3 aromatic rings. The van der Waals surface area contributed by atoms with Crippen LogP contribution in [0.2, 0.25) is 0 Å². The van der Waals surface area contributed by atoms with Gasteiger partial charge < -0.3 is 15.4 Å². The summed E-state index contributed by atoms with van der Waals surface area (Å²) >= 11 is 0. The molecular weight excluding hydrogens is 410 g/mol. The molecule has 30 heavy (non-hydrogen) atoms. The number of hydrogen-bond acceptors (Lipinski definition) is 8. The van der Waals surface area contributed by atoms with Crippen molar-refractivity contribution in [3.63, 3.8) is 0 Å². The van der Waals surface area contributed by atoms with Gasteiger partial charge in [0.15, 0.2) is 5.65 Å². The van der Waals surface area contributed by atoms with Crippen LogP contribution in [-0.2, 0) is 10.0 Å². The second-order valence-electron chi connectivity index (χ2n) is 7.33. The van der Waals surface area contributed by atoms with Crippen molar-refractivity contribution in [1.29, 1.82) is 0 Å². The molecule has 0 saturated carbocycles. The highest BCUT2D eigenvalue weighted by molar-refractivity contribution is 7.89. The maximum Gasteiger partial charge on any atom is 0.252 e. The van der Waals surface area contributed by atoms with Gasteiger partial charge in [0.25, 0.3) is 5.91 Å². The van der Waals surface area contributed by atoms with Crippen molar-refractivity contribution in [2.24, 2.45) is 5.73 Å². The Labute approximate surface area is 172 Å². The van der Waals surface area contributed by atoms with Crippen LogP contribution in [0.15, 0.2) is 41.6 Å². The van der Waals surface area contributed by atoms with Crippen molar-refractivity contribution in [2.45, 2.75) is 23.4 Å². The van der Waals surface area contributed by atoms with Crippen molar-refractivity contribution in [2.75, 3.05) is 25.1 Å². The summed E-state index contributed by atoms with van der Waals surface area (Å²) in [7, 11) is -2.38. The summed E-state index contributed by atoms with van der Waals surface area (Å²) in [6.45, 7) is 1.05. The predicted octanol–water partition coefficient (Wildman–Crippen LogP) is -0.116. The lowest BCUT2D eigenvalue weighted by molar-refractivity contribution is 0.0873. The largest absolute Gasteiger partial charge is 0.496 e. The molecule has 3 saturated heterocycles. The van der Waals surface area contributed by atoms with Gasteiger partial charge in [0.1, 0.15) is 17.9 Å². The van der Waals surface area contributed by atoms with Gasteiger partial charge in [-0.25, -0.2) is 8.42 Å². The number of sulfonamides is 1. The first-order valence-corrected chi connectivity index (χ1v) is 10.8. The minimum Gasteiger partial charge on any atom is -0.496 e. The summed E-state index contributed by atoms with van der Waals surface area (Å²) in [6.07, 6.45) is 2.31. The summed E-state index contributed by atoms with van der Waals surface area (Å²) < 4.78 is 34.7. The summed E-state index contributed by atoms with van der Waals surface area (Å²) in [5, 5.41) is 12.3. The van der Waals surface area contributed by atoms with Gasteiger partial charge in [-0.2, -0.15) is 8.82 Å². The fourth-order valence-corrected chi connectivity index (χ4v) is 6.04. The highest BCUT2D eigenvalue weighted by atomic mass is 32.2. The van der Waals surface area contributed by atoms with Crippen LogP contribution < -0.4 is 15.4 Å². The number of nitrogens with two attached hydrogens (primary N) is 1. The highest BCUT2D eigenvalue weighted by Crippen LogP contribution is 2.39. The van der Waals surface area contributed by atoms with E-state index in [0.717, 1.165) is 12.2 Å². The average Bonchev–Trinajstić information content (AvgIpc) is 3.20. The Kier molecular flexibility index (Phi) is 4.15. The van der Waals surface area contributed by atoms with Crippen LogP contribution in [0.3, 0.4) is 0 Å². The Morgan fingerprint density at radius 2 is 1.97 bits per heavy atom. The second kappa shape index (κ2) is 6.64. The second-order valence-corrected chi connectivity index (χ2v) is 9.18. The maximum absolute atomic E-state index is 13.3. The minimum atomic E-state index is -3.78. The van der Waals surface area contributed by atoms with Gasteiger partial charge in [-0.3, -0.25) is 4.79 Å². The van der Waals surface area contributed by atoms with Crippen molar-refractivity contribution in [3.8, 4) is 5.75 Å². The molecule has 2 N–H and O–H groups in total. The molecule has 11 nitrogen and oxygen atoms in total. The first-order chi connectivity index (χ1) is 14.4. The fourth-order valence-electron chi connectivity index (χ4n) is 4.20. The van der Waals surface area contributed by atoms with Crippen LogP contribution in [0.25, 0.3) is 5.65 Å². The zero-order valence-corrected chi connectivity index (χ0v) is 16.9. The van der Waals surface area contributed by atoms with Crippen molar-refractivity contribution in [1.82, 2.24) is 24.1 Å². The Morgan fingerprint density at radius 1 is 1.20 bits per heavy atom. The lowest BCUT2D eigenvalue weighted by atomic mass is 9.91. The van der Waals surface area contributed by atoms with E-state index in [1.165, 1.54) is 35.9 Å². The molecule has 3 aliphatic rings. The molecule has 3 aliphatic heterocycles. The third-order valence-electron chi connectivity index (χ3n) is 5.61. The first kappa shape index (κ1) is 18.8. The Balaban J connectivity index is 1.40. The van der Waals surface area contributed by atoms with E-state index in [9.17, 15) is 13.2 Å². The van der Waals surface area contributed by atoms with E-state index in [-0.39, 0.29) is 28.3 Å². The molecule has 5 heterocycles. The molecule has 2 aromatic heterocycles. The molecule has 156 valence electrons. The number of piperazine rings is 1. The Bertz CT molecular complexity index is 1250. The fraction of sp³-hybridized carbons (Fsp3) is 0.333. The van der Waals surface area contributed by atoms with E-state index < -0.39 is 15.9 Å². The van der Waals surface area contributed by atoms with Crippen LogP contribution in [0.1, 0.15) is 16.8 Å². The molecular formula is C18H19N7O4S. The number of aromatic nitrogens is 4. The number of carbonyl (C=O) groups is 1. The maximum atomic E-state index is 13.3. The molecule has 0 aliphatic carbocycles. The third kappa shape index (κ3) is 2.79. The van der Waals surface area contributed by atoms with E-state index in [2.05, 4.69) is 20.2 Å². The smallest absolute Gasteiger partial charge is 0.252 e. The van der Waals surface area contributed by atoms with Gasteiger partial charge in [0.2, 0.25) is 10.0 Å². The molecule has 6 rings (SSSR count). The number of methoxy groups -OCH3 is 1. The van der Waals surface area contributed by atoms with Crippen LogP contribution in [-0.4, -0.2) is 70.7 Å². The molecule has 2 atom stereocenters. The molecule has 1 aromatic carbocycles. The van der Waals surface area contributed by atoms with E-state index in [4.69, 9.17) is 10.5 Å². The number of ether oxygens (including phenoxy) is 1.